The Balaban J connectivity index is 1.18. The second-order valence-electron chi connectivity index (χ2n) is 10.4. The first-order valence-corrected chi connectivity index (χ1v) is 13.4. The quantitative estimate of drug-likeness (QED) is 0.300. The topological polar surface area (TPSA) is 54.4 Å². The molecule has 2 aromatic carbocycles. The Bertz CT molecular complexity index is 1110. The molecule has 1 fully saturated rings. The molecule has 0 radical (unpaired) electrons. The van der Waals surface area contributed by atoms with Gasteiger partial charge in [0, 0.05) is 38.7 Å². The van der Waals surface area contributed by atoms with Gasteiger partial charge in [-0.25, -0.2) is 4.99 Å². The van der Waals surface area contributed by atoms with Crippen molar-refractivity contribution < 1.29 is 14.3 Å². The third-order valence-corrected chi connectivity index (χ3v) is 7.32. The first kappa shape index (κ1) is 26.8. The summed E-state index contributed by atoms with van der Waals surface area (Å²) in [7, 11) is 0. The number of hydrogen-bond donors (Lipinski definition) is 0. The van der Waals surface area contributed by atoms with Crippen LogP contribution in [0.4, 0.5) is 11.4 Å². The minimum absolute atomic E-state index is 0.258. The number of esters is 1. The molecule has 8 heteroatoms. The van der Waals surface area contributed by atoms with E-state index in [1.54, 1.807) is 0 Å². The molecule has 2 aliphatic rings. The molecule has 2 heterocycles. The Kier molecular flexibility index (Phi) is 8.81. The van der Waals surface area contributed by atoms with E-state index in [4.69, 9.17) is 32.7 Å². The zero-order chi connectivity index (χ0) is 25.7. The van der Waals surface area contributed by atoms with Crippen molar-refractivity contribution in [2.24, 2.45) is 10.4 Å². The van der Waals surface area contributed by atoms with Crippen LogP contribution in [0.3, 0.4) is 0 Å². The second-order valence-corrected chi connectivity index (χ2v) is 11.2. The number of hydrogen-bond acceptors (Lipinski definition) is 6. The van der Waals surface area contributed by atoms with E-state index < -0.39 is 5.41 Å². The van der Waals surface area contributed by atoms with E-state index in [0.29, 0.717) is 29.0 Å². The summed E-state index contributed by atoms with van der Waals surface area (Å²) in [5.74, 6) is 1.02. The SMILES string of the molecule is CC(C)(C)C(=O)OC1=Nc2cc(OCCCCN3CCN(c4cccc(Cl)c4Cl)CC3)ccc2CC1. The molecule has 6 nitrogen and oxygen atoms in total. The Morgan fingerprint density at radius 3 is 2.56 bits per heavy atom. The van der Waals surface area contributed by atoms with Gasteiger partial charge in [-0.3, -0.25) is 9.69 Å². The lowest BCUT2D eigenvalue weighted by Crippen LogP contribution is -2.46. The Labute approximate surface area is 224 Å². The van der Waals surface area contributed by atoms with Crippen molar-refractivity contribution in [3.8, 4) is 5.75 Å². The number of halogens is 2. The van der Waals surface area contributed by atoms with Crippen LogP contribution in [0.15, 0.2) is 41.4 Å². The number of piperazine rings is 1. The van der Waals surface area contributed by atoms with Crippen LogP contribution in [0.1, 0.15) is 45.6 Å². The summed E-state index contributed by atoms with van der Waals surface area (Å²) in [5.41, 5.74) is 2.45. The van der Waals surface area contributed by atoms with E-state index in [2.05, 4.69) is 20.9 Å². The number of ether oxygens (including phenoxy) is 2. The predicted octanol–water partition coefficient (Wildman–Crippen LogP) is 6.54. The smallest absolute Gasteiger partial charge is 0.317 e. The molecule has 194 valence electrons. The Hall–Kier alpha value is -2.28. The van der Waals surface area contributed by atoms with Crippen LogP contribution in [-0.4, -0.2) is 56.1 Å². The molecule has 0 aromatic heterocycles. The number of benzene rings is 2. The third kappa shape index (κ3) is 6.93. The van der Waals surface area contributed by atoms with Crippen LogP contribution in [0.5, 0.6) is 5.75 Å². The summed E-state index contributed by atoms with van der Waals surface area (Å²) in [5, 5.41) is 1.24. The molecular weight excluding hydrogens is 497 g/mol. The van der Waals surface area contributed by atoms with Gasteiger partial charge in [-0.2, -0.15) is 0 Å². The highest BCUT2D eigenvalue weighted by atomic mass is 35.5. The fraction of sp³-hybridized carbons (Fsp3) is 0.500. The van der Waals surface area contributed by atoms with Gasteiger partial charge in [0.15, 0.2) is 5.90 Å². The van der Waals surface area contributed by atoms with Crippen molar-refractivity contribution in [2.45, 2.75) is 46.5 Å². The van der Waals surface area contributed by atoms with E-state index in [1.807, 2.05) is 51.1 Å². The minimum Gasteiger partial charge on any atom is -0.494 e. The van der Waals surface area contributed by atoms with E-state index in [1.165, 1.54) is 0 Å². The molecule has 0 unspecified atom stereocenters. The van der Waals surface area contributed by atoms with Crippen LogP contribution >= 0.6 is 23.2 Å². The van der Waals surface area contributed by atoms with Crippen molar-refractivity contribution in [1.82, 2.24) is 4.90 Å². The van der Waals surface area contributed by atoms with Gasteiger partial charge in [0.1, 0.15) is 5.75 Å². The number of aryl methyl sites for hydroxylation is 1. The van der Waals surface area contributed by atoms with Crippen LogP contribution in [-0.2, 0) is 16.0 Å². The van der Waals surface area contributed by atoms with Gasteiger partial charge in [-0.1, -0.05) is 35.3 Å². The van der Waals surface area contributed by atoms with Crippen molar-refractivity contribution in [3.63, 3.8) is 0 Å². The minimum atomic E-state index is -0.550. The molecule has 0 N–H and O–H groups in total. The Morgan fingerprint density at radius 1 is 1.03 bits per heavy atom. The lowest BCUT2D eigenvalue weighted by atomic mass is 9.97. The first-order valence-electron chi connectivity index (χ1n) is 12.7. The van der Waals surface area contributed by atoms with Crippen LogP contribution in [0.25, 0.3) is 0 Å². The van der Waals surface area contributed by atoms with Gasteiger partial charge in [-0.05, 0) is 70.3 Å². The molecule has 0 atom stereocenters. The summed E-state index contributed by atoms with van der Waals surface area (Å²) in [6, 6.07) is 11.8. The van der Waals surface area contributed by atoms with E-state index in [-0.39, 0.29) is 5.97 Å². The van der Waals surface area contributed by atoms with Crippen molar-refractivity contribution >= 4 is 46.4 Å². The number of unbranched alkanes of at least 4 members (excludes halogenated alkanes) is 1. The molecule has 2 aliphatic heterocycles. The fourth-order valence-electron chi connectivity index (χ4n) is 4.29. The molecule has 0 aliphatic carbocycles. The lowest BCUT2D eigenvalue weighted by Gasteiger charge is -2.36. The number of fused-ring (bicyclic) bond motifs is 1. The van der Waals surface area contributed by atoms with Crippen molar-refractivity contribution in [2.75, 3.05) is 44.2 Å². The summed E-state index contributed by atoms with van der Waals surface area (Å²) < 4.78 is 11.5. The van der Waals surface area contributed by atoms with Gasteiger partial charge < -0.3 is 14.4 Å². The first-order chi connectivity index (χ1) is 17.2. The lowest BCUT2D eigenvalue weighted by molar-refractivity contribution is -0.144. The zero-order valence-electron chi connectivity index (χ0n) is 21.4. The van der Waals surface area contributed by atoms with Gasteiger partial charge in [-0.15, -0.1) is 0 Å². The summed E-state index contributed by atoms with van der Waals surface area (Å²) in [4.78, 5) is 21.6. The zero-order valence-corrected chi connectivity index (χ0v) is 22.9. The maximum atomic E-state index is 12.2. The van der Waals surface area contributed by atoms with Crippen LogP contribution < -0.4 is 9.64 Å². The number of anilines is 1. The number of carbonyl (C=O) groups excluding carboxylic acids is 1. The second kappa shape index (κ2) is 11.8. The Morgan fingerprint density at radius 2 is 1.81 bits per heavy atom. The number of carbonyl (C=O) groups is 1. The van der Waals surface area contributed by atoms with Gasteiger partial charge in [0.05, 0.1) is 33.4 Å². The standard InChI is InChI=1S/C28H35Cl2N3O3/c1-28(2,3)27(34)36-25-12-10-20-9-11-21(19-23(20)31-25)35-18-5-4-13-32-14-16-33(17-15-32)24-8-6-7-22(29)26(24)30/h6-9,11,19H,4-5,10,12-18H2,1-3H3. The number of rotatable bonds is 7. The third-order valence-electron chi connectivity index (χ3n) is 6.51. The molecule has 4 rings (SSSR count). The highest BCUT2D eigenvalue weighted by Gasteiger charge is 2.26. The highest BCUT2D eigenvalue weighted by Crippen LogP contribution is 2.33. The normalized spacial score (nSPS) is 16.4. The molecule has 0 bridgehead atoms. The van der Waals surface area contributed by atoms with Gasteiger partial charge in [0.2, 0.25) is 0 Å². The molecule has 36 heavy (non-hydrogen) atoms. The monoisotopic (exact) mass is 531 g/mol. The van der Waals surface area contributed by atoms with Gasteiger partial charge in [0.25, 0.3) is 0 Å². The van der Waals surface area contributed by atoms with Crippen molar-refractivity contribution in [3.05, 3.63) is 52.0 Å². The van der Waals surface area contributed by atoms with E-state index in [9.17, 15) is 4.79 Å². The summed E-state index contributed by atoms with van der Waals surface area (Å²) in [6.45, 7) is 11.1. The largest absolute Gasteiger partial charge is 0.494 e. The average molecular weight is 533 g/mol. The molecule has 0 spiro atoms. The van der Waals surface area contributed by atoms with E-state index in [0.717, 1.165) is 74.7 Å². The van der Waals surface area contributed by atoms with Crippen LogP contribution in [0, 0.1) is 5.41 Å². The maximum absolute atomic E-state index is 12.2. The summed E-state index contributed by atoms with van der Waals surface area (Å²) >= 11 is 12.6. The molecular formula is C28H35Cl2N3O3. The fourth-order valence-corrected chi connectivity index (χ4v) is 4.71. The molecule has 0 saturated carbocycles. The highest BCUT2D eigenvalue weighted by molar-refractivity contribution is 6.43. The number of aliphatic imine (C=N–C) groups is 1. The average Bonchev–Trinajstić information content (AvgIpc) is 2.85. The van der Waals surface area contributed by atoms with E-state index >= 15 is 0 Å². The molecule has 1 saturated heterocycles. The molecule has 0 amide bonds. The summed E-state index contributed by atoms with van der Waals surface area (Å²) in [6.07, 6.45) is 3.50. The number of nitrogens with zero attached hydrogens (tertiary/aromatic N) is 3. The molecule has 2 aromatic rings. The maximum Gasteiger partial charge on any atom is 0.317 e. The van der Waals surface area contributed by atoms with Gasteiger partial charge >= 0.3 is 5.97 Å². The van der Waals surface area contributed by atoms with Crippen LogP contribution in [0.2, 0.25) is 10.0 Å². The van der Waals surface area contributed by atoms with Crippen molar-refractivity contribution in [1.29, 1.82) is 0 Å². The predicted molar refractivity (Wildman–Crippen MR) is 147 cm³/mol.